The standard InChI is InChI=1S/C18H23FN4O2/c1-2-25-17-7-6-13(9-15(17)19)10-20-18(24)23-8-4-3-5-16(23)14-11-21-22-12-14/h6-7,9,11-12,16H,2-5,8,10H2,1H3,(H,20,24)(H,21,22)/t16-/m0/s1. The van der Waals surface area contributed by atoms with Gasteiger partial charge in [-0.1, -0.05) is 6.07 Å². The number of aromatic nitrogens is 2. The fourth-order valence-electron chi connectivity index (χ4n) is 3.17. The largest absolute Gasteiger partial charge is 0.491 e. The minimum atomic E-state index is -0.414. The van der Waals surface area contributed by atoms with Crippen LogP contribution in [0.4, 0.5) is 9.18 Å². The van der Waals surface area contributed by atoms with Crippen molar-refractivity contribution in [3.8, 4) is 5.75 Å². The maximum Gasteiger partial charge on any atom is 0.318 e. The molecule has 1 aromatic carbocycles. The number of ether oxygens (including phenoxy) is 1. The minimum Gasteiger partial charge on any atom is -0.491 e. The summed E-state index contributed by atoms with van der Waals surface area (Å²) >= 11 is 0. The molecule has 0 spiro atoms. The van der Waals surface area contributed by atoms with Gasteiger partial charge in [0.2, 0.25) is 0 Å². The summed E-state index contributed by atoms with van der Waals surface area (Å²) in [5, 5.41) is 9.67. The SMILES string of the molecule is CCOc1ccc(CNC(=O)N2CCCC[C@H]2c2cn[nH]c2)cc1F. The van der Waals surface area contributed by atoms with Crippen molar-refractivity contribution in [3.05, 3.63) is 47.5 Å². The number of aromatic amines is 1. The molecule has 1 atom stereocenters. The van der Waals surface area contributed by atoms with Gasteiger partial charge in [0.05, 0.1) is 18.8 Å². The molecular weight excluding hydrogens is 323 g/mol. The number of rotatable bonds is 5. The number of likely N-dealkylation sites (tertiary alicyclic amines) is 1. The number of nitrogens with one attached hydrogen (secondary N) is 2. The lowest BCUT2D eigenvalue weighted by Gasteiger charge is -2.35. The lowest BCUT2D eigenvalue weighted by atomic mass is 9.98. The zero-order valence-corrected chi connectivity index (χ0v) is 14.3. The molecule has 2 aromatic rings. The minimum absolute atomic E-state index is 0.0320. The molecule has 0 unspecified atom stereocenters. The zero-order valence-electron chi connectivity index (χ0n) is 14.3. The van der Waals surface area contributed by atoms with Crippen molar-refractivity contribution in [2.45, 2.75) is 38.8 Å². The summed E-state index contributed by atoms with van der Waals surface area (Å²) in [6, 6.07) is 4.65. The molecule has 25 heavy (non-hydrogen) atoms. The first kappa shape index (κ1) is 17.3. The molecular formula is C18H23FN4O2. The highest BCUT2D eigenvalue weighted by Gasteiger charge is 2.28. The van der Waals surface area contributed by atoms with Gasteiger partial charge in [-0.05, 0) is 43.9 Å². The highest BCUT2D eigenvalue weighted by atomic mass is 19.1. The number of amides is 2. The van der Waals surface area contributed by atoms with Crippen LogP contribution in [0.15, 0.2) is 30.6 Å². The van der Waals surface area contributed by atoms with Crippen molar-refractivity contribution in [1.29, 1.82) is 0 Å². The van der Waals surface area contributed by atoms with E-state index in [0.717, 1.165) is 24.8 Å². The Morgan fingerprint density at radius 2 is 2.36 bits per heavy atom. The molecule has 1 saturated heterocycles. The van der Waals surface area contributed by atoms with Crippen LogP contribution in [0.3, 0.4) is 0 Å². The number of piperidine rings is 1. The molecule has 6 nitrogen and oxygen atoms in total. The molecule has 1 aliphatic heterocycles. The van der Waals surface area contributed by atoms with Gasteiger partial charge in [0.1, 0.15) is 0 Å². The van der Waals surface area contributed by atoms with Crippen molar-refractivity contribution in [2.24, 2.45) is 0 Å². The fraction of sp³-hybridized carbons (Fsp3) is 0.444. The molecule has 134 valence electrons. The molecule has 0 saturated carbocycles. The maximum absolute atomic E-state index is 13.9. The van der Waals surface area contributed by atoms with Crippen LogP contribution in [0.25, 0.3) is 0 Å². The number of nitrogens with zero attached hydrogens (tertiary/aromatic N) is 2. The predicted octanol–water partition coefficient (Wildman–Crippen LogP) is 3.38. The van der Waals surface area contributed by atoms with Crippen LogP contribution in [0, 0.1) is 5.82 Å². The number of benzene rings is 1. The Bertz CT molecular complexity index is 705. The van der Waals surface area contributed by atoms with E-state index in [9.17, 15) is 9.18 Å². The van der Waals surface area contributed by atoms with Gasteiger partial charge in [-0.15, -0.1) is 0 Å². The molecule has 0 aliphatic carbocycles. The van der Waals surface area contributed by atoms with Gasteiger partial charge in [-0.2, -0.15) is 5.10 Å². The average molecular weight is 346 g/mol. The molecule has 0 radical (unpaired) electrons. The van der Waals surface area contributed by atoms with Crippen molar-refractivity contribution in [1.82, 2.24) is 20.4 Å². The summed E-state index contributed by atoms with van der Waals surface area (Å²) in [5.74, 6) is -0.184. The van der Waals surface area contributed by atoms with Crippen molar-refractivity contribution >= 4 is 6.03 Å². The number of halogens is 1. The Balaban J connectivity index is 1.62. The monoisotopic (exact) mass is 346 g/mol. The highest BCUT2D eigenvalue weighted by molar-refractivity contribution is 5.74. The summed E-state index contributed by atoms with van der Waals surface area (Å²) in [6.07, 6.45) is 6.59. The van der Waals surface area contributed by atoms with E-state index >= 15 is 0 Å². The van der Waals surface area contributed by atoms with Gasteiger partial charge >= 0.3 is 6.03 Å². The molecule has 0 bridgehead atoms. The third-order valence-corrected chi connectivity index (χ3v) is 4.41. The number of H-pyrrole nitrogens is 1. The van der Waals surface area contributed by atoms with Crippen LogP contribution in [0.2, 0.25) is 0 Å². The summed E-state index contributed by atoms with van der Waals surface area (Å²) in [4.78, 5) is 14.4. The molecule has 1 fully saturated rings. The van der Waals surface area contributed by atoms with Crippen LogP contribution in [0.5, 0.6) is 5.75 Å². The Morgan fingerprint density at radius 1 is 1.48 bits per heavy atom. The Morgan fingerprint density at radius 3 is 3.08 bits per heavy atom. The van der Waals surface area contributed by atoms with Crippen LogP contribution < -0.4 is 10.1 Å². The van der Waals surface area contributed by atoms with E-state index in [1.165, 1.54) is 6.07 Å². The zero-order chi connectivity index (χ0) is 17.6. The normalized spacial score (nSPS) is 17.4. The Hall–Kier alpha value is -2.57. The Kier molecular flexibility index (Phi) is 5.53. The Labute approximate surface area is 146 Å². The lowest BCUT2D eigenvalue weighted by Crippen LogP contribution is -2.44. The van der Waals surface area contributed by atoms with E-state index in [2.05, 4.69) is 15.5 Å². The van der Waals surface area contributed by atoms with Crippen molar-refractivity contribution < 1.29 is 13.9 Å². The molecule has 2 amide bonds. The molecule has 7 heteroatoms. The van der Waals surface area contributed by atoms with Gasteiger partial charge in [0.15, 0.2) is 11.6 Å². The first-order valence-corrected chi connectivity index (χ1v) is 8.63. The number of carbonyl (C=O) groups is 1. The van der Waals surface area contributed by atoms with Gasteiger partial charge in [-0.3, -0.25) is 5.10 Å². The summed E-state index contributed by atoms with van der Waals surface area (Å²) < 4.78 is 19.1. The quantitative estimate of drug-likeness (QED) is 0.872. The number of hydrogen-bond donors (Lipinski definition) is 2. The summed E-state index contributed by atoms with van der Waals surface area (Å²) in [7, 11) is 0. The maximum atomic E-state index is 13.9. The van der Waals surface area contributed by atoms with Gasteiger partial charge in [0, 0.05) is 24.8 Å². The van der Waals surface area contributed by atoms with E-state index in [1.54, 1.807) is 18.3 Å². The van der Waals surface area contributed by atoms with E-state index in [4.69, 9.17) is 4.74 Å². The number of hydrogen-bond acceptors (Lipinski definition) is 3. The first-order chi connectivity index (χ1) is 12.2. The highest BCUT2D eigenvalue weighted by Crippen LogP contribution is 2.30. The van der Waals surface area contributed by atoms with Gasteiger partial charge in [-0.25, -0.2) is 9.18 Å². The van der Waals surface area contributed by atoms with E-state index in [-0.39, 0.29) is 24.4 Å². The molecule has 1 aliphatic rings. The van der Waals surface area contributed by atoms with Crippen LogP contribution in [-0.2, 0) is 6.54 Å². The van der Waals surface area contributed by atoms with Gasteiger partial charge < -0.3 is 15.0 Å². The second-order valence-electron chi connectivity index (χ2n) is 6.09. The molecule has 1 aromatic heterocycles. The molecule has 2 heterocycles. The van der Waals surface area contributed by atoms with Crippen molar-refractivity contribution in [2.75, 3.05) is 13.2 Å². The topological polar surface area (TPSA) is 70.2 Å². The molecule has 2 N–H and O–H groups in total. The third kappa shape index (κ3) is 4.10. The fourth-order valence-corrected chi connectivity index (χ4v) is 3.17. The van der Waals surface area contributed by atoms with Crippen molar-refractivity contribution in [3.63, 3.8) is 0 Å². The summed E-state index contributed by atoms with van der Waals surface area (Å²) in [6.45, 7) is 3.20. The second-order valence-corrected chi connectivity index (χ2v) is 6.09. The third-order valence-electron chi connectivity index (χ3n) is 4.41. The number of urea groups is 1. The number of carbonyl (C=O) groups excluding carboxylic acids is 1. The van der Waals surface area contributed by atoms with E-state index in [0.29, 0.717) is 18.7 Å². The predicted molar refractivity (Wildman–Crippen MR) is 91.7 cm³/mol. The lowest BCUT2D eigenvalue weighted by molar-refractivity contribution is 0.151. The van der Waals surface area contributed by atoms with Crippen LogP contribution >= 0.6 is 0 Å². The molecule has 3 rings (SSSR count). The second kappa shape index (κ2) is 8.00. The first-order valence-electron chi connectivity index (χ1n) is 8.63. The van der Waals surface area contributed by atoms with E-state index < -0.39 is 5.82 Å². The van der Waals surface area contributed by atoms with Crippen LogP contribution in [-0.4, -0.2) is 34.3 Å². The van der Waals surface area contributed by atoms with Crippen LogP contribution in [0.1, 0.15) is 43.4 Å². The average Bonchev–Trinajstić information content (AvgIpc) is 3.16. The smallest absolute Gasteiger partial charge is 0.318 e. The van der Waals surface area contributed by atoms with Gasteiger partial charge in [0.25, 0.3) is 0 Å². The van der Waals surface area contributed by atoms with E-state index in [1.807, 2.05) is 18.0 Å². The summed E-state index contributed by atoms with van der Waals surface area (Å²) in [5.41, 5.74) is 1.72.